The highest BCUT2D eigenvalue weighted by Crippen LogP contribution is 2.13. The zero-order chi connectivity index (χ0) is 22.9. The molecule has 164 valence electrons. The maximum atomic E-state index is 11.9. The van der Waals surface area contributed by atoms with Gasteiger partial charge in [-0.25, -0.2) is 0 Å². The van der Waals surface area contributed by atoms with Crippen molar-refractivity contribution in [3.05, 3.63) is 48.1 Å². The van der Waals surface area contributed by atoms with Crippen molar-refractivity contribution in [1.82, 2.24) is 4.90 Å². The van der Waals surface area contributed by atoms with Gasteiger partial charge in [-0.05, 0) is 37.0 Å². The van der Waals surface area contributed by atoms with Crippen LogP contribution in [-0.4, -0.2) is 52.0 Å². The van der Waals surface area contributed by atoms with Crippen LogP contribution in [0.4, 0.5) is 0 Å². The van der Waals surface area contributed by atoms with E-state index in [2.05, 4.69) is 0 Å². The molecular weight excluding hydrogens is 390 g/mol. The maximum Gasteiger partial charge on any atom is 0.308 e. The number of nitrogens with zero attached hydrogens (tertiary/aromatic N) is 1. The van der Waals surface area contributed by atoms with Crippen LogP contribution in [0.15, 0.2) is 42.5 Å². The second-order valence-corrected chi connectivity index (χ2v) is 6.30. The van der Waals surface area contributed by atoms with E-state index in [0.29, 0.717) is 5.75 Å². The van der Waals surface area contributed by atoms with Crippen LogP contribution in [0.1, 0.15) is 45.6 Å². The molecule has 1 aliphatic heterocycles. The number of likely N-dealkylation sites (tertiary alicyclic amines) is 1. The second kappa shape index (κ2) is 15.5. The van der Waals surface area contributed by atoms with E-state index in [4.69, 9.17) is 24.5 Å². The van der Waals surface area contributed by atoms with Crippen molar-refractivity contribution < 1.29 is 34.1 Å². The number of hydrogen-bond donors (Lipinski definition) is 2. The number of hydrogen-bond acceptors (Lipinski definition) is 5. The summed E-state index contributed by atoms with van der Waals surface area (Å²) in [6.45, 7) is 5.27. The molecule has 8 nitrogen and oxygen atoms in total. The summed E-state index contributed by atoms with van der Waals surface area (Å²) in [5.41, 5.74) is 0.978. The number of amides is 1. The number of allylic oxidation sites excluding steroid dienone is 2. The molecule has 1 aromatic rings. The minimum Gasteiger partial charge on any atom is -0.481 e. The third-order valence-corrected chi connectivity index (χ3v) is 3.45. The summed E-state index contributed by atoms with van der Waals surface area (Å²) >= 11 is 0. The summed E-state index contributed by atoms with van der Waals surface area (Å²) in [7, 11) is 0. The topological polar surface area (TPSA) is 121 Å². The van der Waals surface area contributed by atoms with Gasteiger partial charge in [-0.15, -0.1) is 0 Å². The first kappa shape index (κ1) is 26.6. The molecule has 1 aromatic carbocycles. The van der Waals surface area contributed by atoms with Crippen molar-refractivity contribution in [2.24, 2.45) is 0 Å². The molecule has 8 heteroatoms. The van der Waals surface area contributed by atoms with Crippen LogP contribution >= 0.6 is 0 Å². The lowest BCUT2D eigenvalue weighted by atomic mass is 10.1. The Morgan fingerprint density at radius 1 is 0.867 bits per heavy atom. The molecule has 0 atom stereocenters. The Morgan fingerprint density at radius 2 is 1.37 bits per heavy atom. The van der Waals surface area contributed by atoms with E-state index < -0.39 is 11.9 Å². The van der Waals surface area contributed by atoms with Crippen molar-refractivity contribution in [3.8, 4) is 5.75 Å². The first-order valence-corrected chi connectivity index (χ1v) is 9.43. The number of carbonyl (C=O) groups excluding carboxylic acids is 2. The Bertz CT molecular complexity index is 725. The summed E-state index contributed by atoms with van der Waals surface area (Å²) in [5.74, 6) is -1.39. The molecule has 0 saturated carbocycles. The summed E-state index contributed by atoms with van der Waals surface area (Å²) in [5, 5.41) is 14.8. The van der Waals surface area contributed by atoms with Gasteiger partial charge in [-0.2, -0.15) is 0 Å². The van der Waals surface area contributed by atoms with Gasteiger partial charge in [-0.1, -0.05) is 30.4 Å². The van der Waals surface area contributed by atoms with Crippen LogP contribution in [0.5, 0.6) is 5.75 Å². The van der Waals surface area contributed by atoms with Gasteiger partial charge in [0.1, 0.15) is 5.75 Å². The van der Waals surface area contributed by atoms with Crippen molar-refractivity contribution in [2.75, 3.05) is 13.1 Å². The number of carboxylic acids is 2. The smallest absolute Gasteiger partial charge is 0.308 e. The fourth-order valence-electron chi connectivity index (χ4n) is 2.34. The predicted molar refractivity (Wildman–Crippen MR) is 113 cm³/mol. The van der Waals surface area contributed by atoms with Gasteiger partial charge in [-0.3, -0.25) is 19.2 Å². The molecule has 1 saturated heterocycles. The maximum absolute atomic E-state index is 11.9. The Balaban J connectivity index is 0.000000901. The molecule has 0 spiro atoms. The van der Waals surface area contributed by atoms with Gasteiger partial charge >= 0.3 is 5.97 Å². The largest absolute Gasteiger partial charge is 0.481 e. The predicted octanol–water partition coefficient (Wildman–Crippen LogP) is 3.38. The minimum absolute atomic E-state index is 0.0783. The molecule has 1 aliphatic rings. The number of benzene rings is 1. The fourth-order valence-corrected chi connectivity index (χ4v) is 2.34. The van der Waals surface area contributed by atoms with E-state index in [1.165, 1.54) is 13.3 Å². The Morgan fingerprint density at radius 3 is 1.83 bits per heavy atom. The molecule has 0 bridgehead atoms. The summed E-state index contributed by atoms with van der Waals surface area (Å²) in [6.07, 6.45) is 10.5. The number of piperidine rings is 1. The van der Waals surface area contributed by atoms with E-state index in [1.54, 1.807) is 24.3 Å². The van der Waals surface area contributed by atoms with Gasteiger partial charge in [0.2, 0.25) is 5.91 Å². The molecule has 0 aromatic heterocycles. The Hall–Kier alpha value is -3.42. The van der Waals surface area contributed by atoms with Crippen molar-refractivity contribution in [3.63, 3.8) is 0 Å². The molecule has 1 amide bonds. The van der Waals surface area contributed by atoms with Gasteiger partial charge in [0.15, 0.2) is 0 Å². The molecule has 2 N–H and O–H groups in total. The zero-order valence-electron chi connectivity index (χ0n) is 17.5. The summed E-state index contributed by atoms with van der Waals surface area (Å²) in [4.78, 5) is 42.6. The van der Waals surface area contributed by atoms with E-state index in [1.807, 2.05) is 29.2 Å². The molecule has 1 fully saturated rings. The molecule has 30 heavy (non-hydrogen) atoms. The quantitative estimate of drug-likeness (QED) is 0.332. The van der Waals surface area contributed by atoms with Crippen LogP contribution in [0.3, 0.4) is 0 Å². The van der Waals surface area contributed by atoms with Gasteiger partial charge in [0.05, 0.1) is 0 Å². The van der Waals surface area contributed by atoms with Crippen molar-refractivity contribution in [2.45, 2.75) is 40.0 Å². The third kappa shape index (κ3) is 15.6. The Kier molecular flexibility index (Phi) is 13.7. The average molecular weight is 419 g/mol. The lowest BCUT2D eigenvalue weighted by molar-refractivity contribution is -0.135. The minimum atomic E-state index is -0.833. The third-order valence-electron chi connectivity index (χ3n) is 3.45. The highest BCUT2D eigenvalue weighted by atomic mass is 16.5. The zero-order valence-corrected chi connectivity index (χ0v) is 17.5. The van der Waals surface area contributed by atoms with E-state index in [-0.39, 0.29) is 11.9 Å². The number of carboxylic acid groups (broad SMARTS) is 2. The second-order valence-electron chi connectivity index (χ2n) is 6.30. The molecule has 2 rings (SSSR count). The highest BCUT2D eigenvalue weighted by Gasteiger charge is 2.13. The number of rotatable bonds is 4. The van der Waals surface area contributed by atoms with Crippen molar-refractivity contribution in [1.29, 1.82) is 0 Å². The van der Waals surface area contributed by atoms with E-state index in [9.17, 15) is 9.59 Å². The van der Waals surface area contributed by atoms with E-state index in [0.717, 1.165) is 45.3 Å². The lowest BCUT2D eigenvalue weighted by Gasteiger charge is -2.25. The highest BCUT2D eigenvalue weighted by molar-refractivity contribution is 5.88. The monoisotopic (exact) mass is 419 g/mol. The van der Waals surface area contributed by atoms with Gasteiger partial charge < -0.3 is 19.8 Å². The standard InChI is InChI=1S/C18H21NO3.2C2H4O2/c1-15(20)22-17-11-9-16(10-12-17)7-3-4-8-18(21)19-13-5-2-6-14-19;2*1-2(3)4/h3-4,7-12H,2,5-6,13-14H2,1H3;2*1H3,(H,3,4)/b7-3+,8-4+;;. The first-order chi connectivity index (χ1) is 14.1. The number of aliphatic carboxylic acids is 2. The van der Waals surface area contributed by atoms with E-state index >= 15 is 0 Å². The molecule has 0 radical (unpaired) electrons. The van der Waals surface area contributed by atoms with Gasteiger partial charge in [0, 0.05) is 39.9 Å². The van der Waals surface area contributed by atoms with Crippen LogP contribution < -0.4 is 4.74 Å². The lowest BCUT2D eigenvalue weighted by Crippen LogP contribution is -2.34. The summed E-state index contributed by atoms with van der Waals surface area (Å²) < 4.78 is 4.97. The average Bonchev–Trinajstić information content (AvgIpc) is 2.66. The van der Waals surface area contributed by atoms with Crippen LogP contribution in [0.2, 0.25) is 0 Å². The first-order valence-electron chi connectivity index (χ1n) is 9.43. The molecule has 0 aliphatic carbocycles. The van der Waals surface area contributed by atoms with Crippen LogP contribution in [-0.2, 0) is 19.2 Å². The molecule has 1 heterocycles. The number of ether oxygens (including phenoxy) is 1. The SMILES string of the molecule is CC(=O)O.CC(=O)O.CC(=O)Oc1ccc(/C=C/C=C/C(=O)N2CCCCC2)cc1. The molecule has 0 unspecified atom stereocenters. The normalized spacial score (nSPS) is 13.0. The van der Waals surface area contributed by atoms with Crippen LogP contribution in [0.25, 0.3) is 6.08 Å². The number of carbonyl (C=O) groups is 4. The molecular formula is C22H29NO7. The van der Waals surface area contributed by atoms with Gasteiger partial charge in [0.25, 0.3) is 11.9 Å². The van der Waals surface area contributed by atoms with Crippen LogP contribution in [0, 0.1) is 0 Å². The van der Waals surface area contributed by atoms with Crippen molar-refractivity contribution >= 4 is 29.9 Å². The number of esters is 1. The Labute approximate surface area is 176 Å². The summed E-state index contributed by atoms with van der Waals surface area (Å²) in [6, 6.07) is 7.19. The fraction of sp³-hybridized carbons (Fsp3) is 0.364.